The number of carbonyl (C=O) groups excluding carboxylic acids is 2. The molecule has 0 radical (unpaired) electrons. The number of ether oxygens (including phenoxy) is 2. The molecule has 9 heteroatoms. The molecule has 0 aliphatic carbocycles. The number of amides is 2. The lowest BCUT2D eigenvalue weighted by atomic mass is 9.96. The van der Waals surface area contributed by atoms with Gasteiger partial charge in [-0.25, -0.2) is 14.6 Å². The van der Waals surface area contributed by atoms with Crippen LogP contribution in [0, 0.1) is 5.92 Å². The molecule has 0 saturated carbocycles. The molecule has 3 heterocycles. The van der Waals surface area contributed by atoms with Gasteiger partial charge < -0.3 is 19.7 Å². The Kier molecular flexibility index (Phi) is 9.36. The van der Waals surface area contributed by atoms with Crippen molar-refractivity contribution in [1.29, 1.82) is 0 Å². The Morgan fingerprint density at radius 1 is 0.925 bits per heavy atom. The smallest absolute Gasteiger partial charge is 0.413 e. The van der Waals surface area contributed by atoms with Crippen LogP contribution in [-0.4, -0.2) is 76.4 Å². The number of hydrogen-bond acceptors (Lipinski definition) is 7. The largest absolute Gasteiger partial charge is 0.444 e. The molecule has 2 N–H and O–H groups in total. The van der Waals surface area contributed by atoms with E-state index in [-0.39, 0.29) is 18.1 Å². The quantitative estimate of drug-likeness (QED) is 0.496. The molecule has 0 bridgehead atoms. The Labute approximate surface area is 238 Å². The molecule has 40 heavy (non-hydrogen) atoms. The number of carbonyl (C=O) groups is 2. The van der Waals surface area contributed by atoms with Crippen molar-refractivity contribution in [2.45, 2.75) is 84.2 Å². The molecule has 2 saturated heterocycles. The molecule has 9 nitrogen and oxygen atoms in total. The van der Waals surface area contributed by atoms with Crippen LogP contribution in [0.1, 0.15) is 59.2 Å². The van der Waals surface area contributed by atoms with E-state index in [1.165, 1.54) is 5.56 Å². The van der Waals surface area contributed by atoms with Crippen LogP contribution in [0.25, 0.3) is 0 Å². The SMILES string of the molecule is CC(C)(C)OC(=O)Nc1cccc(CC2CN(C(=O)OC(C)(C)C)CC2N[C@@H]2CCN(Cc3ccccc3)C2)n1. The molecular formula is C31H45N5O4. The fraction of sp³-hybridized carbons (Fsp3) is 0.581. The number of benzene rings is 1. The van der Waals surface area contributed by atoms with E-state index in [1.54, 1.807) is 6.07 Å². The topological polar surface area (TPSA) is 96.0 Å². The highest BCUT2D eigenvalue weighted by atomic mass is 16.6. The molecule has 2 unspecified atom stereocenters. The fourth-order valence-corrected chi connectivity index (χ4v) is 5.34. The first-order valence-electron chi connectivity index (χ1n) is 14.3. The van der Waals surface area contributed by atoms with Crippen molar-refractivity contribution in [1.82, 2.24) is 20.1 Å². The summed E-state index contributed by atoms with van der Waals surface area (Å²) >= 11 is 0. The van der Waals surface area contributed by atoms with Crippen LogP contribution in [0.3, 0.4) is 0 Å². The van der Waals surface area contributed by atoms with E-state index in [0.29, 0.717) is 31.4 Å². The molecule has 0 spiro atoms. The van der Waals surface area contributed by atoms with Gasteiger partial charge >= 0.3 is 12.2 Å². The molecule has 218 valence electrons. The number of rotatable bonds is 7. The van der Waals surface area contributed by atoms with E-state index < -0.39 is 17.3 Å². The zero-order valence-electron chi connectivity index (χ0n) is 24.8. The van der Waals surface area contributed by atoms with Gasteiger partial charge in [0, 0.05) is 50.5 Å². The minimum absolute atomic E-state index is 0.110. The van der Waals surface area contributed by atoms with Crippen LogP contribution in [0.15, 0.2) is 48.5 Å². The molecule has 2 fully saturated rings. The van der Waals surface area contributed by atoms with Crippen molar-refractivity contribution < 1.29 is 19.1 Å². The lowest BCUT2D eigenvalue weighted by Gasteiger charge is -2.25. The average Bonchev–Trinajstić information content (AvgIpc) is 3.44. The maximum atomic E-state index is 13.0. The first kappa shape index (κ1) is 29.8. The number of aromatic nitrogens is 1. The summed E-state index contributed by atoms with van der Waals surface area (Å²) in [6.07, 6.45) is 0.916. The molecule has 3 atom stereocenters. The van der Waals surface area contributed by atoms with Gasteiger partial charge in [-0.2, -0.15) is 0 Å². The molecule has 2 aliphatic heterocycles. The third-order valence-electron chi connectivity index (χ3n) is 6.97. The highest BCUT2D eigenvalue weighted by Gasteiger charge is 2.39. The Balaban J connectivity index is 1.41. The summed E-state index contributed by atoms with van der Waals surface area (Å²) < 4.78 is 11.1. The van der Waals surface area contributed by atoms with Gasteiger partial charge in [0.2, 0.25) is 0 Å². The Morgan fingerprint density at radius 2 is 1.65 bits per heavy atom. The molecular weight excluding hydrogens is 506 g/mol. The highest BCUT2D eigenvalue weighted by Crippen LogP contribution is 2.26. The summed E-state index contributed by atoms with van der Waals surface area (Å²) in [7, 11) is 0. The normalized spacial score (nSPS) is 21.9. The average molecular weight is 552 g/mol. The maximum absolute atomic E-state index is 13.0. The molecule has 2 aliphatic rings. The van der Waals surface area contributed by atoms with Crippen molar-refractivity contribution in [2.75, 3.05) is 31.5 Å². The summed E-state index contributed by atoms with van der Waals surface area (Å²) in [5, 5.41) is 6.61. The fourth-order valence-electron chi connectivity index (χ4n) is 5.34. The second-order valence-electron chi connectivity index (χ2n) is 13.0. The summed E-state index contributed by atoms with van der Waals surface area (Å²) in [5.74, 6) is 0.602. The van der Waals surface area contributed by atoms with Gasteiger partial charge in [0.1, 0.15) is 17.0 Å². The Morgan fingerprint density at radius 3 is 2.35 bits per heavy atom. The zero-order chi connectivity index (χ0) is 28.9. The second-order valence-corrected chi connectivity index (χ2v) is 13.0. The Bertz CT molecular complexity index is 1140. The Hall–Kier alpha value is -3.17. The van der Waals surface area contributed by atoms with Crippen LogP contribution in [-0.2, 0) is 22.4 Å². The van der Waals surface area contributed by atoms with Gasteiger partial charge in [-0.3, -0.25) is 10.2 Å². The number of nitrogens with zero attached hydrogens (tertiary/aromatic N) is 3. The van der Waals surface area contributed by atoms with Crippen molar-refractivity contribution in [3.05, 3.63) is 59.8 Å². The molecule has 1 aromatic carbocycles. The van der Waals surface area contributed by atoms with E-state index in [0.717, 1.165) is 31.7 Å². The number of pyridine rings is 1. The summed E-state index contributed by atoms with van der Waals surface area (Å²) in [5.41, 5.74) is 1.04. The second kappa shape index (κ2) is 12.6. The van der Waals surface area contributed by atoms with Gasteiger partial charge in [-0.15, -0.1) is 0 Å². The van der Waals surface area contributed by atoms with Crippen LogP contribution < -0.4 is 10.6 Å². The van der Waals surface area contributed by atoms with Crippen LogP contribution >= 0.6 is 0 Å². The lowest BCUT2D eigenvalue weighted by Crippen LogP contribution is -2.45. The molecule has 1 aromatic heterocycles. The van der Waals surface area contributed by atoms with E-state index in [4.69, 9.17) is 9.47 Å². The van der Waals surface area contributed by atoms with Crippen molar-refractivity contribution >= 4 is 18.0 Å². The summed E-state index contributed by atoms with van der Waals surface area (Å²) in [6.45, 7) is 15.3. The standard InChI is InChI=1S/C31H45N5O4/c1-30(2,3)39-28(37)34-27-14-10-13-24(33-27)17-23-19-36(29(38)40-31(4,5)6)21-26(23)32-25-15-16-35(20-25)18-22-11-8-7-9-12-22/h7-14,23,25-26,32H,15-21H2,1-6H3,(H,33,34,37)/t23?,25-,26?/m1/s1. The van der Waals surface area contributed by atoms with Gasteiger partial charge in [0.15, 0.2) is 0 Å². The van der Waals surface area contributed by atoms with Crippen molar-refractivity contribution in [3.63, 3.8) is 0 Å². The number of likely N-dealkylation sites (tertiary alicyclic amines) is 2. The van der Waals surface area contributed by atoms with Crippen molar-refractivity contribution in [2.24, 2.45) is 5.92 Å². The summed E-state index contributed by atoms with van der Waals surface area (Å²) in [4.78, 5) is 34.2. The first-order chi connectivity index (χ1) is 18.8. The molecule has 2 aromatic rings. The monoisotopic (exact) mass is 551 g/mol. The van der Waals surface area contributed by atoms with Crippen LogP contribution in [0.5, 0.6) is 0 Å². The third-order valence-corrected chi connectivity index (χ3v) is 6.97. The minimum Gasteiger partial charge on any atom is -0.444 e. The highest BCUT2D eigenvalue weighted by molar-refractivity contribution is 5.83. The predicted molar refractivity (Wildman–Crippen MR) is 156 cm³/mol. The maximum Gasteiger partial charge on any atom is 0.413 e. The van der Waals surface area contributed by atoms with E-state index in [2.05, 4.69) is 44.8 Å². The predicted octanol–water partition coefficient (Wildman–Crippen LogP) is 5.07. The van der Waals surface area contributed by atoms with Crippen LogP contribution in [0.4, 0.5) is 15.4 Å². The number of hydrogen-bond donors (Lipinski definition) is 2. The van der Waals surface area contributed by atoms with Crippen LogP contribution in [0.2, 0.25) is 0 Å². The first-order valence-corrected chi connectivity index (χ1v) is 14.3. The molecule has 4 rings (SSSR count). The van der Waals surface area contributed by atoms with E-state index in [9.17, 15) is 9.59 Å². The van der Waals surface area contributed by atoms with Gasteiger partial charge in [0.05, 0.1) is 0 Å². The third kappa shape index (κ3) is 9.20. The van der Waals surface area contributed by atoms with Gasteiger partial charge in [0.25, 0.3) is 0 Å². The lowest BCUT2D eigenvalue weighted by molar-refractivity contribution is 0.0285. The summed E-state index contributed by atoms with van der Waals surface area (Å²) in [6, 6.07) is 16.6. The van der Waals surface area contributed by atoms with Crippen molar-refractivity contribution in [3.8, 4) is 0 Å². The zero-order valence-corrected chi connectivity index (χ0v) is 24.8. The van der Waals surface area contributed by atoms with E-state index in [1.807, 2.05) is 64.6 Å². The molecule has 2 amide bonds. The number of anilines is 1. The van der Waals surface area contributed by atoms with Gasteiger partial charge in [-0.05, 0) is 78.0 Å². The minimum atomic E-state index is -0.591. The number of nitrogens with one attached hydrogen (secondary N) is 2. The van der Waals surface area contributed by atoms with E-state index >= 15 is 0 Å². The van der Waals surface area contributed by atoms with Gasteiger partial charge in [-0.1, -0.05) is 36.4 Å².